The van der Waals surface area contributed by atoms with Crippen LogP contribution in [0.15, 0.2) is 36.4 Å². The number of para-hydroxylation sites is 1. The molecule has 10 nitrogen and oxygen atoms in total. The van der Waals surface area contributed by atoms with Crippen molar-refractivity contribution in [3.63, 3.8) is 0 Å². The van der Waals surface area contributed by atoms with E-state index < -0.39 is 17.7 Å². The lowest BCUT2D eigenvalue weighted by Gasteiger charge is -2.27. The molecule has 0 spiro atoms. The lowest BCUT2D eigenvalue weighted by molar-refractivity contribution is 0.0923. The Morgan fingerprint density at radius 2 is 1.97 bits per heavy atom. The molecule has 11 heteroatoms. The Morgan fingerprint density at radius 3 is 2.65 bits per heavy atom. The van der Waals surface area contributed by atoms with Crippen molar-refractivity contribution >= 4 is 23.5 Å². The summed E-state index contributed by atoms with van der Waals surface area (Å²) in [6.07, 6.45) is -1.34. The Morgan fingerprint density at radius 1 is 1.19 bits per heavy atom. The maximum atomic E-state index is 11.2. The zero-order valence-corrected chi connectivity index (χ0v) is 18.5. The van der Waals surface area contributed by atoms with Gasteiger partial charge in [-0.05, 0) is 39.0 Å². The number of rotatable bonds is 12. The van der Waals surface area contributed by atoms with Crippen molar-refractivity contribution in [3.05, 3.63) is 41.4 Å². The monoisotopic (exact) mass is 453 g/mol. The van der Waals surface area contributed by atoms with E-state index in [-0.39, 0.29) is 19.8 Å². The number of carbonyl (C=O) groups excluding carboxylic acids is 1. The van der Waals surface area contributed by atoms with E-state index in [0.717, 1.165) is 0 Å². The van der Waals surface area contributed by atoms with Crippen LogP contribution in [0.4, 0.5) is 10.6 Å². The first-order chi connectivity index (χ1) is 14.8. The number of ether oxygens (including phenoxy) is 3. The van der Waals surface area contributed by atoms with Crippen molar-refractivity contribution in [2.24, 2.45) is 0 Å². The molecular weight excluding hydrogens is 426 g/mol. The highest BCUT2D eigenvalue weighted by atomic mass is 35.5. The number of benzene rings is 1. The van der Waals surface area contributed by atoms with Crippen LogP contribution in [-0.4, -0.2) is 59.4 Å². The summed E-state index contributed by atoms with van der Waals surface area (Å²) in [7, 11) is 0. The number of carbonyl (C=O) groups is 1. The third kappa shape index (κ3) is 9.24. The lowest BCUT2D eigenvalue weighted by Crippen LogP contribution is -2.48. The fraction of sp³-hybridized carbons (Fsp3) is 0.450. The van der Waals surface area contributed by atoms with Crippen LogP contribution in [0.3, 0.4) is 0 Å². The second-order valence-electron chi connectivity index (χ2n) is 7.18. The van der Waals surface area contributed by atoms with Crippen LogP contribution in [0.5, 0.6) is 11.6 Å². The number of nitrogens with one attached hydrogen (secondary N) is 3. The van der Waals surface area contributed by atoms with Crippen LogP contribution >= 0.6 is 11.6 Å². The smallest absolute Gasteiger partial charge is 0.425 e. The first-order valence-corrected chi connectivity index (χ1v) is 10.1. The van der Waals surface area contributed by atoms with Crippen molar-refractivity contribution in [1.29, 1.82) is 0 Å². The molecule has 0 radical (unpaired) electrons. The van der Waals surface area contributed by atoms with Crippen molar-refractivity contribution in [2.75, 3.05) is 31.8 Å². The molecule has 0 aliphatic carbocycles. The van der Waals surface area contributed by atoms with Crippen molar-refractivity contribution in [3.8, 4) is 11.6 Å². The minimum Gasteiger partial charge on any atom is -0.489 e. The summed E-state index contributed by atoms with van der Waals surface area (Å²) >= 11 is 6.03. The van der Waals surface area contributed by atoms with Gasteiger partial charge in [-0.15, -0.1) is 10.2 Å². The van der Waals surface area contributed by atoms with E-state index in [4.69, 9.17) is 25.8 Å². The molecule has 1 unspecified atom stereocenters. The van der Waals surface area contributed by atoms with Gasteiger partial charge in [0.2, 0.25) is 5.88 Å². The first-order valence-electron chi connectivity index (χ1n) is 9.75. The van der Waals surface area contributed by atoms with Crippen LogP contribution in [0.1, 0.15) is 20.8 Å². The topological polar surface area (TPSA) is 127 Å². The Bertz CT molecular complexity index is 822. The highest BCUT2D eigenvalue weighted by molar-refractivity contribution is 6.32. The molecule has 0 saturated heterocycles. The number of halogens is 1. The van der Waals surface area contributed by atoms with E-state index in [2.05, 4.69) is 26.4 Å². The number of aliphatic hydroxyl groups is 1. The normalized spacial score (nSPS) is 12.0. The van der Waals surface area contributed by atoms with Gasteiger partial charge in [0, 0.05) is 18.2 Å². The fourth-order valence-electron chi connectivity index (χ4n) is 2.25. The maximum absolute atomic E-state index is 11.2. The highest BCUT2D eigenvalue weighted by Crippen LogP contribution is 2.23. The number of anilines is 1. The summed E-state index contributed by atoms with van der Waals surface area (Å²) < 4.78 is 15.9. The Hall–Kier alpha value is -2.82. The second kappa shape index (κ2) is 12.1. The van der Waals surface area contributed by atoms with E-state index in [9.17, 15) is 9.90 Å². The number of β-amino-alcohol motifs (C(OH)–C–C–N with tert-alkyl or cyclic N) is 1. The predicted octanol–water partition coefficient (Wildman–Crippen LogP) is 2.39. The quantitative estimate of drug-likeness (QED) is 0.358. The van der Waals surface area contributed by atoms with Gasteiger partial charge in [-0.2, -0.15) is 0 Å². The maximum Gasteiger partial charge on any atom is 0.425 e. The molecular formula is C20H28ClN5O5. The fourth-order valence-corrected chi connectivity index (χ4v) is 2.44. The molecule has 0 fully saturated rings. The van der Waals surface area contributed by atoms with Gasteiger partial charge >= 0.3 is 6.09 Å². The van der Waals surface area contributed by atoms with Crippen LogP contribution < -0.4 is 25.6 Å². The third-order valence-electron chi connectivity index (χ3n) is 3.87. The molecule has 1 aromatic carbocycles. The molecule has 0 aliphatic heterocycles. The molecule has 2 aromatic rings. The van der Waals surface area contributed by atoms with Gasteiger partial charge in [0.25, 0.3) is 0 Å². The molecule has 2 rings (SSSR count). The molecule has 31 heavy (non-hydrogen) atoms. The van der Waals surface area contributed by atoms with Gasteiger partial charge in [-0.25, -0.2) is 10.2 Å². The van der Waals surface area contributed by atoms with Gasteiger partial charge in [0.15, 0.2) is 5.82 Å². The summed E-state index contributed by atoms with van der Waals surface area (Å²) in [5.74, 6) is 1.18. The third-order valence-corrected chi connectivity index (χ3v) is 4.19. The highest BCUT2D eigenvalue weighted by Gasteiger charge is 2.20. The Balaban J connectivity index is 1.70. The summed E-state index contributed by atoms with van der Waals surface area (Å²) in [6, 6.07) is 10.3. The number of hydrazine groups is 1. The molecule has 4 N–H and O–H groups in total. The Labute approximate surface area is 186 Å². The van der Waals surface area contributed by atoms with Gasteiger partial charge in [-0.3, -0.25) is 5.43 Å². The Kier molecular flexibility index (Phi) is 9.57. The molecule has 0 saturated carbocycles. The van der Waals surface area contributed by atoms with E-state index in [1.54, 1.807) is 31.2 Å². The zero-order chi connectivity index (χ0) is 22.7. The van der Waals surface area contributed by atoms with Crippen molar-refractivity contribution in [1.82, 2.24) is 20.9 Å². The number of amides is 1. The molecule has 1 heterocycles. The molecule has 1 atom stereocenters. The molecule has 170 valence electrons. The van der Waals surface area contributed by atoms with Crippen LogP contribution in [0.2, 0.25) is 5.02 Å². The summed E-state index contributed by atoms with van der Waals surface area (Å²) in [6.45, 7) is 6.52. The van der Waals surface area contributed by atoms with Gasteiger partial charge in [0.1, 0.15) is 25.1 Å². The number of hydrogen-bond donors (Lipinski definition) is 4. The minimum absolute atomic E-state index is 0.105. The first kappa shape index (κ1) is 24.4. The van der Waals surface area contributed by atoms with Gasteiger partial charge in [0.05, 0.1) is 11.6 Å². The van der Waals surface area contributed by atoms with Crippen molar-refractivity contribution < 1.29 is 24.1 Å². The lowest BCUT2D eigenvalue weighted by atomic mass is 10.1. The van der Waals surface area contributed by atoms with Gasteiger partial charge in [-0.1, -0.05) is 23.7 Å². The van der Waals surface area contributed by atoms with E-state index in [0.29, 0.717) is 29.0 Å². The number of nitrogens with zero attached hydrogens (tertiary/aromatic N) is 2. The van der Waals surface area contributed by atoms with Gasteiger partial charge < -0.3 is 24.6 Å². The predicted molar refractivity (Wildman–Crippen MR) is 116 cm³/mol. The molecule has 0 bridgehead atoms. The molecule has 1 amide bonds. The second-order valence-corrected chi connectivity index (χ2v) is 7.58. The van der Waals surface area contributed by atoms with Crippen LogP contribution in [0.25, 0.3) is 0 Å². The number of aromatic nitrogens is 2. The largest absolute Gasteiger partial charge is 0.489 e. The summed E-state index contributed by atoms with van der Waals surface area (Å²) in [4.78, 5) is 11.2. The molecule has 1 aromatic heterocycles. The van der Waals surface area contributed by atoms with E-state index >= 15 is 0 Å². The van der Waals surface area contributed by atoms with E-state index in [1.807, 2.05) is 26.0 Å². The van der Waals surface area contributed by atoms with E-state index in [1.165, 1.54) is 0 Å². The summed E-state index contributed by atoms with van der Waals surface area (Å²) in [5, 5.41) is 21.7. The number of hydrogen-bond acceptors (Lipinski definition) is 9. The summed E-state index contributed by atoms with van der Waals surface area (Å²) in [5.41, 5.74) is 4.45. The standard InChI is InChI=1S/C20H28ClN5O5/c1-4-29-19(28)26-24-17-9-10-18(25-23-17)31-13-20(2,3)22-11-14(27)12-30-16-8-6-5-7-15(16)21/h5-10,14,22,27H,4,11-13H2,1-3H3,(H,23,24)(H,26,28). The average Bonchev–Trinajstić information content (AvgIpc) is 2.75. The van der Waals surface area contributed by atoms with Crippen LogP contribution in [0, 0.1) is 0 Å². The van der Waals surface area contributed by atoms with Crippen LogP contribution in [-0.2, 0) is 4.74 Å². The minimum atomic E-state index is -0.729. The number of aliphatic hydroxyl groups excluding tert-OH is 1. The zero-order valence-electron chi connectivity index (χ0n) is 17.7. The SMILES string of the molecule is CCOC(=O)NNc1ccc(OCC(C)(C)NCC(O)COc2ccccc2Cl)nn1. The van der Waals surface area contributed by atoms with Crippen molar-refractivity contribution in [2.45, 2.75) is 32.4 Å². The molecule has 0 aliphatic rings. The average molecular weight is 454 g/mol.